The first-order chi connectivity index (χ1) is 9.19. The van der Waals surface area contributed by atoms with Crippen molar-refractivity contribution in [2.75, 3.05) is 5.73 Å². The summed E-state index contributed by atoms with van der Waals surface area (Å²) >= 11 is 0. The molecule has 0 radical (unpaired) electrons. The molecule has 3 heteroatoms. The van der Waals surface area contributed by atoms with Gasteiger partial charge >= 0.3 is 0 Å². The normalized spacial score (nSPS) is 10.1. The smallest absolute Gasteiger partial charge is 0.123 e. The number of hydrogen-bond acceptors (Lipinski definition) is 3. The van der Waals surface area contributed by atoms with E-state index in [-0.39, 0.29) is 5.75 Å². The first-order valence-corrected chi connectivity index (χ1v) is 6.09. The molecule has 3 nitrogen and oxygen atoms in total. The van der Waals surface area contributed by atoms with Crippen molar-refractivity contribution in [2.45, 2.75) is 13.0 Å². The topological polar surface area (TPSA) is 55.5 Å². The van der Waals surface area contributed by atoms with Crippen LogP contribution in [-0.2, 0) is 13.0 Å². The van der Waals surface area contributed by atoms with Crippen molar-refractivity contribution in [1.82, 2.24) is 0 Å². The molecule has 0 aliphatic heterocycles. The van der Waals surface area contributed by atoms with Crippen molar-refractivity contribution < 1.29 is 9.84 Å². The summed E-state index contributed by atoms with van der Waals surface area (Å²) in [6.45, 7) is 4.18. The fourth-order valence-electron chi connectivity index (χ4n) is 1.81. The highest BCUT2D eigenvalue weighted by Gasteiger charge is 2.03. The highest BCUT2D eigenvalue weighted by Crippen LogP contribution is 2.23. The molecule has 0 atom stereocenters. The number of aromatic hydroxyl groups is 1. The summed E-state index contributed by atoms with van der Waals surface area (Å²) in [4.78, 5) is 0. The summed E-state index contributed by atoms with van der Waals surface area (Å²) in [6.07, 6.45) is 2.54. The zero-order valence-corrected chi connectivity index (χ0v) is 10.7. The molecule has 0 amide bonds. The Morgan fingerprint density at radius 3 is 2.58 bits per heavy atom. The molecule has 0 spiro atoms. The molecule has 2 aromatic carbocycles. The Bertz CT molecular complexity index is 561. The monoisotopic (exact) mass is 255 g/mol. The van der Waals surface area contributed by atoms with Gasteiger partial charge in [0.05, 0.1) is 0 Å². The summed E-state index contributed by atoms with van der Waals surface area (Å²) < 4.78 is 5.79. The van der Waals surface area contributed by atoms with Crippen LogP contribution in [0.25, 0.3) is 0 Å². The molecule has 98 valence electrons. The molecule has 0 unspecified atom stereocenters. The molecule has 0 aromatic heterocycles. The van der Waals surface area contributed by atoms with Gasteiger partial charge in [0, 0.05) is 5.69 Å². The van der Waals surface area contributed by atoms with Gasteiger partial charge in [-0.25, -0.2) is 0 Å². The van der Waals surface area contributed by atoms with Crippen molar-refractivity contribution in [2.24, 2.45) is 0 Å². The maximum Gasteiger partial charge on any atom is 0.123 e. The van der Waals surface area contributed by atoms with E-state index < -0.39 is 0 Å². The molecular weight excluding hydrogens is 238 g/mol. The number of benzene rings is 2. The Morgan fingerprint density at radius 2 is 1.89 bits per heavy atom. The Hall–Kier alpha value is -2.42. The summed E-state index contributed by atoms with van der Waals surface area (Å²) in [5, 5.41) is 9.22. The Morgan fingerprint density at radius 1 is 1.16 bits per heavy atom. The highest BCUT2D eigenvalue weighted by atomic mass is 16.5. The van der Waals surface area contributed by atoms with Crippen LogP contribution in [0.4, 0.5) is 5.69 Å². The molecule has 0 bridgehead atoms. The lowest BCUT2D eigenvalue weighted by molar-refractivity contribution is 0.303. The van der Waals surface area contributed by atoms with E-state index >= 15 is 0 Å². The predicted octanol–water partition coefficient (Wildman–Crippen LogP) is 3.28. The molecule has 3 N–H and O–H groups in total. The fraction of sp³-hybridized carbons (Fsp3) is 0.125. The van der Waals surface area contributed by atoms with Crippen LogP contribution in [0.3, 0.4) is 0 Å². The Kier molecular flexibility index (Phi) is 4.08. The van der Waals surface area contributed by atoms with Crippen LogP contribution in [0.15, 0.2) is 55.1 Å². The van der Waals surface area contributed by atoms with Gasteiger partial charge < -0.3 is 15.6 Å². The molecule has 2 rings (SSSR count). The zero-order chi connectivity index (χ0) is 13.7. The van der Waals surface area contributed by atoms with E-state index in [0.29, 0.717) is 12.3 Å². The molecular formula is C16H17NO2. The predicted molar refractivity (Wildman–Crippen MR) is 77.2 cm³/mol. The van der Waals surface area contributed by atoms with Crippen LogP contribution in [0, 0.1) is 0 Å². The Balaban J connectivity index is 2.10. The van der Waals surface area contributed by atoms with Gasteiger partial charge in [-0.15, -0.1) is 6.58 Å². The van der Waals surface area contributed by atoms with E-state index in [0.717, 1.165) is 23.3 Å². The molecule has 0 fully saturated rings. The van der Waals surface area contributed by atoms with Gasteiger partial charge in [0.1, 0.15) is 18.1 Å². The van der Waals surface area contributed by atoms with Crippen molar-refractivity contribution in [3.8, 4) is 11.5 Å². The van der Waals surface area contributed by atoms with Crippen molar-refractivity contribution in [3.05, 3.63) is 66.2 Å². The number of allylic oxidation sites excluding steroid dienone is 1. The first-order valence-electron chi connectivity index (χ1n) is 6.09. The van der Waals surface area contributed by atoms with E-state index in [1.54, 1.807) is 12.1 Å². The maximum absolute atomic E-state index is 9.22. The number of ether oxygens (including phenoxy) is 1. The van der Waals surface area contributed by atoms with Gasteiger partial charge in [-0.1, -0.05) is 18.2 Å². The SMILES string of the molecule is C=CCc1cc(N)ccc1OCc1ccc(O)cc1. The summed E-state index contributed by atoms with van der Waals surface area (Å²) in [6, 6.07) is 12.5. The van der Waals surface area contributed by atoms with Crippen LogP contribution in [0.5, 0.6) is 11.5 Å². The number of phenols is 1. The lowest BCUT2D eigenvalue weighted by atomic mass is 10.1. The minimum atomic E-state index is 0.253. The van der Waals surface area contributed by atoms with Crippen molar-refractivity contribution in [1.29, 1.82) is 0 Å². The van der Waals surface area contributed by atoms with Crippen LogP contribution >= 0.6 is 0 Å². The number of nitrogens with two attached hydrogens (primary N) is 1. The zero-order valence-electron chi connectivity index (χ0n) is 10.7. The van der Waals surface area contributed by atoms with Gasteiger partial charge in [0.15, 0.2) is 0 Å². The van der Waals surface area contributed by atoms with Crippen LogP contribution < -0.4 is 10.5 Å². The summed E-state index contributed by atoms with van der Waals surface area (Å²) in [7, 11) is 0. The van der Waals surface area contributed by atoms with Gasteiger partial charge in [0.2, 0.25) is 0 Å². The van der Waals surface area contributed by atoms with E-state index in [2.05, 4.69) is 6.58 Å². The molecule has 19 heavy (non-hydrogen) atoms. The van der Waals surface area contributed by atoms with E-state index in [1.165, 1.54) is 0 Å². The van der Waals surface area contributed by atoms with Crippen LogP contribution in [0.1, 0.15) is 11.1 Å². The molecule has 0 saturated heterocycles. The molecule has 0 aliphatic carbocycles. The van der Waals surface area contributed by atoms with Crippen molar-refractivity contribution >= 4 is 5.69 Å². The fourth-order valence-corrected chi connectivity index (χ4v) is 1.81. The number of anilines is 1. The second-order valence-electron chi connectivity index (χ2n) is 4.32. The average Bonchev–Trinajstić information content (AvgIpc) is 2.40. The third-order valence-electron chi connectivity index (χ3n) is 2.78. The first kappa shape index (κ1) is 13.0. The molecule has 2 aromatic rings. The molecule has 0 saturated carbocycles. The quantitative estimate of drug-likeness (QED) is 0.636. The number of nitrogen functional groups attached to an aromatic ring is 1. The lowest BCUT2D eigenvalue weighted by Crippen LogP contribution is -1.99. The van der Waals surface area contributed by atoms with Gasteiger partial charge in [-0.05, 0) is 47.9 Å². The van der Waals surface area contributed by atoms with E-state index in [1.807, 2.05) is 36.4 Å². The standard InChI is InChI=1S/C16H17NO2/c1-2-3-13-10-14(17)6-9-16(13)19-11-12-4-7-15(18)8-5-12/h2,4-10,18H,1,3,11,17H2. The summed E-state index contributed by atoms with van der Waals surface area (Å²) in [5.41, 5.74) is 8.50. The van der Waals surface area contributed by atoms with E-state index in [4.69, 9.17) is 10.5 Å². The minimum absolute atomic E-state index is 0.253. The van der Waals surface area contributed by atoms with Gasteiger partial charge in [0.25, 0.3) is 0 Å². The van der Waals surface area contributed by atoms with Crippen LogP contribution in [0.2, 0.25) is 0 Å². The maximum atomic E-state index is 9.22. The van der Waals surface area contributed by atoms with Gasteiger partial charge in [-0.2, -0.15) is 0 Å². The number of hydrogen-bond donors (Lipinski definition) is 2. The third kappa shape index (κ3) is 3.52. The number of phenolic OH excluding ortho intramolecular Hbond substituents is 1. The largest absolute Gasteiger partial charge is 0.508 e. The average molecular weight is 255 g/mol. The van der Waals surface area contributed by atoms with E-state index in [9.17, 15) is 5.11 Å². The summed E-state index contributed by atoms with van der Waals surface area (Å²) in [5.74, 6) is 1.06. The lowest BCUT2D eigenvalue weighted by Gasteiger charge is -2.11. The molecule has 0 heterocycles. The van der Waals surface area contributed by atoms with Crippen LogP contribution in [-0.4, -0.2) is 5.11 Å². The second kappa shape index (κ2) is 5.96. The number of rotatable bonds is 5. The Labute approximate surface area is 113 Å². The highest BCUT2D eigenvalue weighted by molar-refractivity contribution is 5.48. The second-order valence-corrected chi connectivity index (χ2v) is 4.32. The van der Waals surface area contributed by atoms with Gasteiger partial charge in [-0.3, -0.25) is 0 Å². The minimum Gasteiger partial charge on any atom is -0.508 e. The molecule has 0 aliphatic rings. The third-order valence-corrected chi connectivity index (χ3v) is 2.78. The van der Waals surface area contributed by atoms with Crippen molar-refractivity contribution in [3.63, 3.8) is 0 Å².